The summed E-state index contributed by atoms with van der Waals surface area (Å²) in [5.41, 5.74) is -0.470. The third kappa shape index (κ3) is 2.69. The van der Waals surface area contributed by atoms with Crippen molar-refractivity contribution in [1.82, 2.24) is 9.88 Å². The van der Waals surface area contributed by atoms with Crippen LogP contribution in [-0.2, 0) is 9.47 Å². The summed E-state index contributed by atoms with van der Waals surface area (Å²) in [5.74, 6) is -0.171. The highest BCUT2D eigenvalue weighted by Gasteiger charge is 2.59. The molecular weight excluding hydrogens is 300 g/mol. The van der Waals surface area contributed by atoms with E-state index in [1.54, 1.807) is 6.20 Å². The van der Waals surface area contributed by atoms with Crippen LogP contribution in [0.2, 0.25) is 0 Å². The van der Waals surface area contributed by atoms with E-state index in [1.165, 1.54) is 19.1 Å². The maximum absolute atomic E-state index is 11.8. The van der Waals surface area contributed by atoms with Gasteiger partial charge in [0.25, 0.3) is 0 Å². The molecular formula is C16H22N2O5. The molecule has 2 heterocycles. The Balaban J connectivity index is 1.80. The molecule has 0 unspecified atom stereocenters. The van der Waals surface area contributed by atoms with Gasteiger partial charge in [0.05, 0.1) is 37.7 Å². The average Bonchev–Trinajstić information content (AvgIpc) is 2.83. The van der Waals surface area contributed by atoms with Crippen molar-refractivity contribution in [3.05, 3.63) is 30.1 Å². The summed E-state index contributed by atoms with van der Waals surface area (Å²) in [4.78, 5) is 17.3. The molecule has 23 heavy (non-hydrogen) atoms. The number of likely N-dealkylation sites (N-methyl/N-ethyl adjacent to an activating group) is 1. The van der Waals surface area contributed by atoms with Gasteiger partial charge in [-0.2, -0.15) is 0 Å². The van der Waals surface area contributed by atoms with Crippen molar-refractivity contribution in [3.63, 3.8) is 0 Å². The molecule has 1 aliphatic carbocycles. The van der Waals surface area contributed by atoms with Gasteiger partial charge in [-0.1, -0.05) is 6.07 Å². The number of carbonyl (C=O) groups excluding carboxylic acids is 1. The lowest BCUT2D eigenvalue weighted by Crippen LogP contribution is -2.60. The first-order valence-corrected chi connectivity index (χ1v) is 7.71. The van der Waals surface area contributed by atoms with Crippen LogP contribution in [-0.4, -0.2) is 64.7 Å². The molecule has 1 aliphatic heterocycles. The number of aliphatic hydroxyl groups excluding tert-OH is 1. The predicted molar refractivity (Wildman–Crippen MR) is 80.6 cm³/mol. The Bertz CT molecular complexity index is 569. The van der Waals surface area contributed by atoms with Crippen LogP contribution < -0.4 is 0 Å². The van der Waals surface area contributed by atoms with Crippen LogP contribution in [0.1, 0.15) is 24.6 Å². The lowest BCUT2D eigenvalue weighted by Gasteiger charge is -2.43. The van der Waals surface area contributed by atoms with Gasteiger partial charge >= 0.3 is 6.09 Å². The first kappa shape index (κ1) is 16.2. The number of aromatic nitrogens is 1. The number of ether oxygens (including phenoxy) is 2. The molecule has 1 saturated heterocycles. The number of rotatable bonds is 2. The molecule has 0 aromatic carbocycles. The van der Waals surface area contributed by atoms with Gasteiger partial charge < -0.3 is 24.6 Å². The van der Waals surface area contributed by atoms with Gasteiger partial charge in [-0.15, -0.1) is 0 Å². The average molecular weight is 322 g/mol. The molecule has 2 fully saturated rings. The summed E-state index contributed by atoms with van der Waals surface area (Å²) in [6.07, 6.45) is 1.05. The summed E-state index contributed by atoms with van der Waals surface area (Å²) < 4.78 is 10.5. The zero-order valence-corrected chi connectivity index (χ0v) is 13.3. The maximum Gasteiger partial charge on any atom is 0.409 e. The molecule has 1 amide bonds. The van der Waals surface area contributed by atoms with E-state index >= 15 is 0 Å². The minimum Gasteiger partial charge on any atom is -0.453 e. The Morgan fingerprint density at radius 3 is 2.91 bits per heavy atom. The third-order valence-electron chi connectivity index (χ3n) is 5.02. The monoisotopic (exact) mass is 322 g/mol. The molecule has 7 heteroatoms. The molecule has 7 nitrogen and oxygen atoms in total. The molecule has 0 bridgehead atoms. The Morgan fingerprint density at radius 1 is 1.48 bits per heavy atom. The second-order valence-electron chi connectivity index (χ2n) is 6.31. The number of nitrogens with zero attached hydrogens (tertiary/aromatic N) is 2. The minimum atomic E-state index is -1.28. The molecule has 0 spiro atoms. The summed E-state index contributed by atoms with van der Waals surface area (Å²) in [7, 11) is 2.79. The van der Waals surface area contributed by atoms with Crippen molar-refractivity contribution in [2.24, 2.45) is 5.92 Å². The van der Waals surface area contributed by atoms with Gasteiger partial charge in [0, 0.05) is 13.2 Å². The quantitative estimate of drug-likeness (QED) is 0.834. The van der Waals surface area contributed by atoms with E-state index in [-0.39, 0.29) is 18.6 Å². The number of hydrogen-bond acceptors (Lipinski definition) is 6. The first-order valence-electron chi connectivity index (χ1n) is 7.71. The first-order chi connectivity index (χ1) is 11.0. The Hall–Kier alpha value is -1.70. The molecule has 1 aromatic rings. The molecule has 2 aliphatic rings. The van der Waals surface area contributed by atoms with E-state index in [1.807, 2.05) is 18.2 Å². The number of amides is 1. The predicted octanol–water partition coefficient (Wildman–Crippen LogP) is 0.722. The lowest BCUT2D eigenvalue weighted by molar-refractivity contribution is -0.168. The van der Waals surface area contributed by atoms with Gasteiger partial charge in [0.1, 0.15) is 5.60 Å². The second kappa shape index (κ2) is 6.07. The van der Waals surface area contributed by atoms with Crippen LogP contribution in [0.25, 0.3) is 0 Å². The van der Waals surface area contributed by atoms with Crippen molar-refractivity contribution < 1.29 is 24.5 Å². The van der Waals surface area contributed by atoms with Crippen LogP contribution >= 0.6 is 0 Å². The highest BCUT2D eigenvalue weighted by Crippen LogP contribution is 2.47. The highest BCUT2D eigenvalue weighted by molar-refractivity contribution is 5.68. The van der Waals surface area contributed by atoms with Crippen LogP contribution in [0, 0.1) is 5.92 Å². The molecule has 5 atom stereocenters. The van der Waals surface area contributed by atoms with Crippen molar-refractivity contribution in [3.8, 4) is 0 Å². The SMILES string of the molecule is COC(=O)N(C)[C@@H]1[C@@H](O)C[C@@H]2C[C@H](c3ccccn3)OC[C@@]21O. The fraction of sp³-hybridized carbons (Fsp3) is 0.625. The maximum atomic E-state index is 11.8. The molecule has 1 aromatic heterocycles. The van der Waals surface area contributed by atoms with E-state index in [9.17, 15) is 15.0 Å². The minimum absolute atomic E-state index is 0.0436. The molecule has 0 radical (unpaired) electrons. The summed E-state index contributed by atoms with van der Waals surface area (Å²) >= 11 is 0. The normalized spacial score (nSPS) is 36.3. The standard InChI is InChI=1S/C16H22N2O5/c1-18(15(20)22-2)14-12(19)7-10-8-13(23-9-16(10,14)21)11-5-3-4-6-17-11/h3-6,10,12-14,19,21H,7-9H2,1-2H3/t10-,12+,13-,14-,16-/m1/s1. The zero-order chi connectivity index (χ0) is 16.6. The zero-order valence-electron chi connectivity index (χ0n) is 13.3. The van der Waals surface area contributed by atoms with Gasteiger partial charge in [-0.3, -0.25) is 4.98 Å². The fourth-order valence-corrected chi connectivity index (χ4v) is 3.89. The Morgan fingerprint density at radius 2 is 2.26 bits per heavy atom. The highest BCUT2D eigenvalue weighted by atomic mass is 16.5. The lowest BCUT2D eigenvalue weighted by atomic mass is 9.81. The number of fused-ring (bicyclic) bond motifs is 1. The summed E-state index contributed by atoms with van der Waals surface area (Å²) in [5, 5.41) is 21.4. The van der Waals surface area contributed by atoms with E-state index in [4.69, 9.17) is 9.47 Å². The van der Waals surface area contributed by atoms with Crippen LogP contribution in [0.15, 0.2) is 24.4 Å². The summed E-state index contributed by atoms with van der Waals surface area (Å²) in [6.45, 7) is 0.0436. The molecule has 126 valence electrons. The van der Waals surface area contributed by atoms with Crippen LogP contribution in [0.3, 0.4) is 0 Å². The van der Waals surface area contributed by atoms with Gasteiger partial charge in [0.15, 0.2) is 0 Å². The van der Waals surface area contributed by atoms with E-state index < -0.39 is 23.8 Å². The largest absolute Gasteiger partial charge is 0.453 e. The second-order valence-corrected chi connectivity index (χ2v) is 6.31. The van der Waals surface area contributed by atoms with E-state index in [0.29, 0.717) is 12.8 Å². The number of hydrogen-bond donors (Lipinski definition) is 2. The van der Waals surface area contributed by atoms with Gasteiger partial charge in [-0.25, -0.2) is 4.79 Å². The van der Waals surface area contributed by atoms with Crippen molar-refractivity contribution in [2.45, 2.75) is 36.7 Å². The van der Waals surface area contributed by atoms with E-state index in [2.05, 4.69) is 4.98 Å². The smallest absolute Gasteiger partial charge is 0.409 e. The fourth-order valence-electron chi connectivity index (χ4n) is 3.89. The van der Waals surface area contributed by atoms with Crippen molar-refractivity contribution >= 4 is 6.09 Å². The van der Waals surface area contributed by atoms with Gasteiger partial charge in [0.2, 0.25) is 0 Å². The number of aliphatic hydroxyl groups is 2. The number of methoxy groups -OCH3 is 1. The van der Waals surface area contributed by atoms with Crippen molar-refractivity contribution in [2.75, 3.05) is 20.8 Å². The topological polar surface area (TPSA) is 92.1 Å². The van der Waals surface area contributed by atoms with E-state index in [0.717, 1.165) is 5.69 Å². The molecule has 2 N–H and O–H groups in total. The van der Waals surface area contributed by atoms with Gasteiger partial charge in [-0.05, 0) is 30.9 Å². The van der Waals surface area contributed by atoms with Crippen LogP contribution in [0.5, 0.6) is 0 Å². The van der Waals surface area contributed by atoms with Crippen molar-refractivity contribution in [1.29, 1.82) is 0 Å². The Labute approximate surface area is 134 Å². The molecule has 3 rings (SSSR count). The molecule has 1 saturated carbocycles. The van der Waals surface area contributed by atoms with Crippen LogP contribution in [0.4, 0.5) is 4.79 Å². The summed E-state index contributed by atoms with van der Waals surface area (Å²) in [6, 6.07) is 4.87. The number of carbonyl (C=O) groups is 1. The third-order valence-corrected chi connectivity index (χ3v) is 5.02. The Kier molecular flexibility index (Phi) is 4.27. The number of pyridine rings is 1.